The number of hydrogen-bond acceptors (Lipinski definition) is 5. The Morgan fingerprint density at radius 1 is 1.00 bits per heavy atom. The molecule has 2 atom stereocenters. The van der Waals surface area contributed by atoms with Crippen LogP contribution in [0.4, 0.5) is 5.69 Å². The molecule has 4 rings (SSSR count). The molecule has 0 spiro atoms. The number of aliphatic hydroxyl groups is 1. The molecule has 0 bridgehead atoms. The zero-order valence-electron chi connectivity index (χ0n) is 14.8. The number of benzene rings is 1. The highest BCUT2D eigenvalue weighted by atomic mass is 16.3. The van der Waals surface area contributed by atoms with Crippen molar-refractivity contribution >= 4 is 5.69 Å². The van der Waals surface area contributed by atoms with Gasteiger partial charge in [-0.15, -0.1) is 5.10 Å². The zero-order valence-corrected chi connectivity index (χ0v) is 14.8. The van der Waals surface area contributed by atoms with Crippen molar-refractivity contribution in [3.63, 3.8) is 0 Å². The van der Waals surface area contributed by atoms with E-state index in [0.29, 0.717) is 22.5 Å². The molecule has 0 amide bonds. The Hall–Kier alpha value is -3.89. The van der Waals surface area contributed by atoms with Crippen molar-refractivity contribution < 1.29 is 5.11 Å². The monoisotopic (exact) mass is 368 g/mol. The molecule has 3 heterocycles. The lowest BCUT2D eigenvalue weighted by atomic mass is 9.79. The molecule has 136 valence electrons. The Morgan fingerprint density at radius 3 is 2.57 bits per heavy atom. The highest BCUT2D eigenvalue weighted by Gasteiger charge is 2.44. The Balaban J connectivity index is 2.02. The van der Waals surface area contributed by atoms with Crippen LogP contribution in [0.5, 0.6) is 0 Å². The standard InChI is InChI=1S/C21H16N6O/c1-22-18-8-4-6-16(14-18)21(28,17-7-5-10-23-15-17)20(27-13-12-25-26-27)19-9-2-3-11-24-19/h2-15,20,28H. The summed E-state index contributed by atoms with van der Waals surface area (Å²) in [6.45, 7) is 7.35. The van der Waals surface area contributed by atoms with Crippen molar-refractivity contribution in [1.29, 1.82) is 0 Å². The number of hydrogen-bond donors (Lipinski definition) is 1. The number of nitrogens with zero attached hydrogens (tertiary/aromatic N) is 6. The van der Waals surface area contributed by atoms with Crippen molar-refractivity contribution in [3.05, 3.63) is 114 Å². The van der Waals surface area contributed by atoms with Crippen LogP contribution in [-0.4, -0.2) is 30.1 Å². The van der Waals surface area contributed by atoms with E-state index in [-0.39, 0.29) is 0 Å². The first-order chi connectivity index (χ1) is 13.7. The number of aromatic nitrogens is 5. The molecule has 0 radical (unpaired) electrons. The Labute approximate surface area is 161 Å². The van der Waals surface area contributed by atoms with Gasteiger partial charge in [-0.1, -0.05) is 41.6 Å². The molecule has 3 aromatic heterocycles. The van der Waals surface area contributed by atoms with Crippen LogP contribution in [-0.2, 0) is 5.60 Å². The second kappa shape index (κ2) is 7.39. The predicted molar refractivity (Wildman–Crippen MR) is 102 cm³/mol. The summed E-state index contributed by atoms with van der Waals surface area (Å²) in [5.74, 6) is 0. The van der Waals surface area contributed by atoms with Crippen molar-refractivity contribution in [2.75, 3.05) is 0 Å². The average molecular weight is 368 g/mol. The van der Waals surface area contributed by atoms with Gasteiger partial charge in [0, 0.05) is 30.4 Å². The van der Waals surface area contributed by atoms with E-state index in [1.54, 1.807) is 72.1 Å². The van der Waals surface area contributed by atoms with E-state index < -0.39 is 11.6 Å². The first-order valence-corrected chi connectivity index (χ1v) is 8.61. The molecule has 4 aromatic rings. The van der Waals surface area contributed by atoms with Crippen molar-refractivity contribution in [3.8, 4) is 0 Å². The summed E-state index contributed by atoms with van der Waals surface area (Å²) >= 11 is 0. The summed E-state index contributed by atoms with van der Waals surface area (Å²) < 4.78 is 1.57. The molecule has 7 nitrogen and oxygen atoms in total. The Kier molecular flexibility index (Phi) is 4.62. The maximum atomic E-state index is 12.2. The fourth-order valence-electron chi connectivity index (χ4n) is 3.32. The van der Waals surface area contributed by atoms with Gasteiger partial charge in [-0.05, 0) is 23.8 Å². The molecular weight excluding hydrogens is 352 g/mol. The lowest BCUT2D eigenvalue weighted by molar-refractivity contribution is 0.0311. The highest BCUT2D eigenvalue weighted by Crippen LogP contribution is 2.43. The fourth-order valence-corrected chi connectivity index (χ4v) is 3.32. The summed E-state index contributed by atoms with van der Waals surface area (Å²) in [5.41, 5.74) is 0.547. The molecule has 0 aliphatic rings. The summed E-state index contributed by atoms with van der Waals surface area (Å²) in [7, 11) is 0. The Morgan fingerprint density at radius 2 is 1.89 bits per heavy atom. The van der Waals surface area contributed by atoms with Crippen molar-refractivity contribution in [2.24, 2.45) is 0 Å². The molecule has 0 saturated carbocycles. The first kappa shape index (κ1) is 17.5. The normalized spacial score (nSPS) is 14.0. The molecule has 0 fully saturated rings. The molecule has 7 heteroatoms. The topological polar surface area (TPSA) is 81.1 Å². The largest absolute Gasteiger partial charge is 0.378 e. The quantitative estimate of drug-likeness (QED) is 0.547. The fraction of sp³-hybridized carbons (Fsp3) is 0.0952. The van der Waals surface area contributed by atoms with E-state index in [0.717, 1.165) is 0 Å². The number of rotatable bonds is 5. The van der Waals surface area contributed by atoms with E-state index in [4.69, 9.17) is 6.57 Å². The van der Waals surface area contributed by atoms with Gasteiger partial charge in [0.15, 0.2) is 5.69 Å². The lowest BCUT2D eigenvalue weighted by Crippen LogP contribution is -2.39. The molecule has 0 saturated heterocycles. The van der Waals surface area contributed by atoms with Crippen LogP contribution in [0.3, 0.4) is 0 Å². The molecule has 2 unspecified atom stereocenters. The van der Waals surface area contributed by atoms with Gasteiger partial charge < -0.3 is 5.11 Å². The van der Waals surface area contributed by atoms with Gasteiger partial charge in [0.2, 0.25) is 0 Å². The molecular formula is C21H16N6O. The molecule has 1 N–H and O–H groups in total. The summed E-state index contributed by atoms with van der Waals surface area (Å²) in [5, 5.41) is 20.2. The lowest BCUT2D eigenvalue weighted by Gasteiger charge is -2.36. The summed E-state index contributed by atoms with van der Waals surface area (Å²) in [6.07, 6.45) is 8.15. The van der Waals surface area contributed by atoms with E-state index in [9.17, 15) is 5.11 Å². The van der Waals surface area contributed by atoms with Crippen LogP contribution in [0.2, 0.25) is 0 Å². The average Bonchev–Trinajstić information content (AvgIpc) is 3.29. The summed E-state index contributed by atoms with van der Waals surface area (Å²) in [4.78, 5) is 12.2. The van der Waals surface area contributed by atoms with Gasteiger partial charge in [0.05, 0.1) is 18.5 Å². The van der Waals surface area contributed by atoms with Crippen LogP contribution in [0.15, 0.2) is 85.6 Å². The van der Waals surface area contributed by atoms with Gasteiger partial charge in [-0.2, -0.15) is 0 Å². The third kappa shape index (κ3) is 3.02. The zero-order chi connectivity index (χ0) is 19.4. The van der Waals surface area contributed by atoms with Crippen LogP contribution < -0.4 is 0 Å². The molecule has 0 aliphatic heterocycles. The third-order valence-electron chi connectivity index (χ3n) is 4.59. The van der Waals surface area contributed by atoms with Crippen molar-refractivity contribution in [1.82, 2.24) is 25.0 Å². The van der Waals surface area contributed by atoms with Crippen LogP contribution in [0.25, 0.3) is 4.85 Å². The minimum atomic E-state index is -1.59. The van der Waals surface area contributed by atoms with Gasteiger partial charge in [0.1, 0.15) is 11.6 Å². The number of pyridine rings is 2. The Bertz CT molecular complexity index is 1090. The van der Waals surface area contributed by atoms with Gasteiger partial charge in [0.25, 0.3) is 0 Å². The second-order valence-electron chi connectivity index (χ2n) is 6.21. The second-order valence-corrected chi connectivity index (χ2v) is 6.21. The van der Waals surface area contributed by atoms with Gasteiger partial charge in [-0.25, -0.2) is 9.53 Å². The van der Waals surface area contributed by atoms with E-state index in [2.05, 4.69) is 25.1 Å². The maximum absolute atomic E-state index is 12.2. The SMILES string of the molecule is [C-]#[N+]c1cccc(C(O)(c2cccnc2)C(c2ccccn2)n2ccnn2)c1. The molecule has 0 aliphatic carbocycles. The summed E-state index contributed by atoms with van der Waals surface area (Å²) in [6, 6.07) is 15.2. The van der Waals surface area contributed by atoms with E-state index in [1.807, 2.05) is 18.2 Å². The molecule has 28 heavy (non-hydrogen) atoms. The van der Waals surface area contributed by atoms with Gasteiger partial charge >= 0.3 is 0 Å². The van der Waals surface area contributed by atoms with Crippen LogP contribution in [0, 0.1) is 6.57 Å². The predicted octanol–water partition coefficient (Wildman–Crippen LogP) is 3.14. The van der Waals surface area contributed by atoms with Crippen LogP contribution >= 0.6 is 0 Å². The minimum absolute atomic E-state index is 0.429. The maximum Gasteiger partial charge on any atom is 0.187 e. The first-order valence-electron chi connectivity index (χ1n) is 8.61. The van der Waals surface area contributed by atoms with E-state index in [1.165, 1.54) is 0 Å². The molecule has 1 aromatic carbocycles. The van der Waals surface area contributed by atoms with Gasteiger partial charge in [-0.3, -0.25) is 9.97 Å². The minimum Gasteiger partial charge on any atom is -0.378 e. The van der Waals surface area contributed by atoms with Crippen molar-refractivity contribution in [2.45, 2.75) is 11.6 Å². The van der Waals surface area contributed by atoms with E-state index >= 15 is 0 Å². The highest BCUT2D eigenvalue weighted by molar-refractivity contribution is 5.51. The third-order valence-corrected chi connectivity index (χ3v) is 4.59. The van der Waals surface area contributed by atoms with Crippen LogP contribution in [0.1, 0.15) is 22.9 Å². The smallest absolute Gasteiger partial charge is 0.187 e.